The molecule has 1 N–H and O–H groups in total. The topological polar surface area (TPSA) is 65.4 Å². The zero-order valence-electron chi connectivity index (χ0n) is 15.9. The van der Waals surface area contributed by atoms with Crippen LogP contribution in [0.15, 0.2) is 29.8 Å². The number of benzene rings is 1. The highest BCUT2D eigenvalue weighted by Gasteiger charge is 2.29. The van der Waals surface area contributed by atoms with E-state index in [1.165, 1.54) is 5.57 Å². The van der Waals surface area contributed by atoms with Crippen LogP contribution in [0.1, 0.15) is 36.3 Å². The van der Waals surface area contributed by atoms with Gasteiger partial charge >= 0.3 is 0 Å². The minimum absolute atomic E-state index is 0.0555. The van der Waals surface area contributed by atoms with Crippen LogP contribution in [0.5, 0.6) is 0 Å². The van der Waals surface area contributed by atoms with E-state index in [2.05, 4.69) is 10.4 Å². The number of amides is 1. The Morgan fingerprint density at radius 2 is 2.27 bits per heavy atom. The zero-order chi connectivity index (χ0) is 18.7. The molecular weight excluding hydrogens is 330 g/mol. The van der Waals surface area contributed by atoms with Gasteiger partial charge in [0.15, 0.2) is 5.69 Å². The van der Waals surface area contributed by atoms with E-state index in [9.17, 15) is 4.79 Å². The van der Waals surface area contributed by atoms with Crippen molar-refractivity contribution in [3.63, 3.8) is 0 Å². The van der Waals surface area contributed by atoms with Gasteiger partial charge in [-0.3, -0.25) is 9.48 Å². The number of hydrogen-bond donors (Lipinski definition) is 1. The van der Waals surface area contributed by atoms with Gasteiger partial charge in [0.2, 0.25) is 0 Å². The number of aryl methyl sites for hydroxylation is 2. The van der Waals surface area contributed by atoms with E-state index >= 15 is 0 Å². The van der Waals surface area contributed by atoms with Crippen LogP contribution >= 0.6 is 0 Å². The van der Waals surface area contributed by atoms with Gasteiger partial charge in [0.05, 0.1) is 30.9 Å². The van der Waals surface area contributed by atoms with E-state index in [-0.39, 0.29) is 18.1 Å². The number of aromatic nitrogens is 2. The predicted octanol–water partition coefficient (Wildman–Crippen LogP) is 2.75. The second kappa shape index (κ2) is 8.01. The van der Waals surface area contributed by atoms with E-state index in [1.54, 1.807) is 4.68 Å². The second-order valence-electron chi connectivity index (χ2n) is 7.09. The van der Waals surface area contributed by atoms with E-state index in [0.29, 0.717) is 25.5 Å². The van der Waals surface area contributed by atoms with Crippen LogP contribution in [0, 0.1) is 6.92 Å². The number of nitrogens with one attached hydrogen (secondary N) is 1. The van der Waals surface area contributed by atoms with Crippen LogP contribution < -0.4 is 5.32 Å². The summed E-state index contributed by atoms with van der Waals surface area (Å²) in [7, 11) is 1.85. The number of carbonyl (C=O) groups is 1. The maximum atomic E-state index is 12.9. The first-order valence-corrected chi connectivity index (χ1v) is 9.02. The molecule has 0 aliphatic carbocycles. The first kappa shape index (κ1) is 18.6. The molecule has 1 aromatic carbocycles. The third kappa shape index (κ3) is 4.14. The van der Waals surface area contributed by atoms with Gasteiger partial charge in [-0.15, -0.1) is 0 Å². The molecule has 1 aromatic heterocycles. The maximum absolute atomic E-state index is 12.9. The number of rotatable bonds is 5. The molecule has 1 aliphatic rings. The van der Waals surface area contributed by atoms with Crippen molar-refractivity contribution in [2.75, 3.05) is 19.8 Å². The normalized spacial score (nSPS) is 20.2. The van der Waals surface area contributed by atoms with Crippen molar-refractivity contribution in [1.29, 1.82) is 0 Å². The van der Waals surface area contributed by atoms with Gasteiger partial charge < -0.3 is 14.8 Å². The van der Waals surface area contributed by atoms with E-state index in [4.69, 9.17) is 9.47 Å². The molecule has 1 saturated heterocycles. The molecule has 6 heteroatoms. The molecular formula is C20H27N3O3. The fourth-order valence-corrected chi connectivity index (χ4v) is 3.17. The highest BCUT2D eigenvalue weighted by Crippen LogP contribution is 2.20. The molecule has 0 bridgehead atoms. The van der Waals surface area contributed by atoms with Gasteiger partial charge in [-0.2, -0.15) is 5.10 Å². The Morgan fingerprint density at radius 3 is 3.04 bits per heavy atom. The van der Waals surface area contributed by atoms with Crippen LogP contribution in [0.2, 0.25) is 0 Å². The number of fused-ring (bicyclic) bond motifs is 1. The Bertz CT molecular complexity index is 821. The lowest BCUT2D eigenvalue weighted by atomic mass is 10.1. The molecule has 6 nitrogen and oxygen atoms in total. The molecule has 1 amide bonds. The van der Waals surface area contributed by atoms with Crippen molar-refractivity contribution in [3.05, 3.63) is 41.1 Å². The van der Waals surface area contributed by atoms with Crippen LogP contribution in [0.25, 0.3) is 10.9 Å². The summed E-state index contributed by atoms with van der Waals surface area (Å²) in [5.74, 6) is -0.187. The summed E-state index contributed by atoms with van der Waals surface area (Å²) in [6, 6.07) is 5.83. The summed E-state index contributed by atoms with van der Waals surface area (Å²) in [5.41, 5.74) is 3.70. The summed E-state index contributed by atoms with van der Waals surface area (Å²) in [6.07, 6.45) is 2.76. The monoisotopic (exact) mass is 357 g/mol. The quantitative estimate of drug-likeness (QED) is 0.836. The molecule has 1 aliphatic heterocycles. The third-order valence-corrected chi connectivity index (χ3v) is 4.63. The predicted molar refractivity (Wildman–Crippen MR) is 101 cm³/mol. The number of hydrogen-bond acceptors (Lipinski definition) is 4. The van der Waals surface area contributed by atoms with Crippen molar-refractivity contribution in [2.24, 2.45) is 7.05 Å². The standard InChI is InChI=1S/C20H27N3O3/c1-13(2)7-10-26-18-8-9-25-12-16(18)21-20(24)19-15-11-14(3)5-6-17(15)23(4)22-19/h5-7,11,16,18H,8-10,12H2,1-4H3,(H,21,24)/t16-,18+/m0/s1. The number of nitrogens with zero attached hydrogens (tertiary/aromatic N) is 2. The molecule has 26 heavy (non-hydrogen) atoms. The van der Waals surface area contributed by atoms with Crippen molar-refractivity contribution < 1.29 is 14.3 Å². The molecule has 1 fully saturated rings. The molecule has 3 rings (SSSR count). The number of ether oxygens (including phenoxy) is 2. The molecule has 0 unspecified atom stereocenters. The van der Waals surface area contributed by atoms with Crippen molar-refractivity contribution >= 4 is 16.8 Å². The Morgan fingerprint density at radius 1 is 1.46 bits per heavy atom. The minimum Gasteiger partial charge on any atom is -0.379 e. The molecule has 0 saturated carbocycles. The van der Waals surface area contributed by atoms with Crippen molar-refractivity contribution in [2.45, 2.75) is 39.3 Å². The minimum atomic E-state index is -0.187. The van der Waals surface area contributed by atoms with Crippen LogP contribution in [0.4, 0.5) is 0 Å². The molecule has 140 valence electrons. The Balaban J connectivity index is 1.75. The first-order chi connectivity index (χ1) is 12.5. The van der Waals surface area contributed by atoms with E-state index in [1.807, 2.05) is 52.1 Å². The summed E-state index contributed by atoms with van der Waals surface area (Å²) in [6.45, 7) is 7.75. The summed E-state index contributed by atoms with van der Waals surface area (Å²) in [5, 5.41) is 8.35. The highest BCUT2D eigenvalue weighted by molar-refractivity contribution is 6.05. The van der Waals surface area contributed by atoms with Gasteiger partial charge in [0, 0.05) is 19.0 Å². The lowest BCUT2D eigenvalue weighted by Gasteiger charge is -2.31. The summed E-state index contributed by atoms with van der Waals surface area (Å²) >= 11 is 0. The van der Waals surface area contributed by atoms with Gasteiger partial charge in [0.25, 0.3) is 5.91 Å². The fourth-order valence-electron chi connectivity index (χ4n) is 3.17. The summed E-state index contributed by atoms with van der Waals surface area (Å²) < 4.78 is 13.3. The molecule has 2 aromatic rings. The van der Waals surface area contributed by atoms with Crippen molar-refractivity contribution in [3.8, 4) is 0 Å². The molecule has 0 spiro atoms. The Kier molecular flexibility index (Phi) is 5.74. The van der Waals surface area contributed by atoms with Gasteiger partial charge in [-0.05, 0) is 39.3 Å². The average Bonchev–Trinajstić information content (AvgIpc) is 2.92. The van der Waals surface area contributed by atoms with Gasteiger partial charge in [0.1, 0.15) is 0 Å². The third-order valence-electron chi connectivity index (χ3n) is 4.63. The zero-order valence-corrected chi connectivity index (χ0v) is 15.9. The van der Waals surface area contributed by atoms with E-state index < -0.39 is 0 Å². The fraction of sp³-hybridized carbons (Fsp3) is 0.500. The first-order valence-electron chi connectivity index (χ1n) is 9.02. The number of allylic oxidation sites excluding steroid dienone is 1. The molecule has 2 atom stereocenters. The smallest absolute Gasteiger partial charge is 0.272 e. The SMILES string of the molecule is CC(C)=CCO[C@@H]1CCOC[C@@H]1NC(=O)c1nn(C)c2ccc(C)cc12. The lowest BCUT2D eigenvalue weighted by Crippen LogP contribution is -2.50. The lowest BCUT2D eigenvalue weighted by molar-refractivity contribution is -0.0457. The van der Waals surface area contributed by atoms with Gasteiger partial charge in [-0.1, -0.05) is 23.3 Å². The Labute approximate surface area is 154 Å². The van der Waals surface area contributed by atoms with Crippen LogP contribution in [0.3, 0.4) is 0 Å². The summed E-state index contributed by atoms with van der Waals surface area (Å²) in [4.78, 5) is 12.9. The van der Waals surface area contributed by atoms with Crippen molar-refractivity contribution in [1.82, 2.24) is 15.1 Å². The van der Waals surface area contributed by atoms with E-state index in [0.717, 1.165) is 22.9 Å². The average molecular weight is 357 g/mol. The van der Waals surface area contributed by atoms with Crippen LogP contribution in [-0.2, 0) is 16.5 Å². The number of carbonyl (C=O) groups excluding carboxylic acids is 1. The van der Waals surface area contributed by atoms with Crippen LogP contribution in [-0.4, -0.2) is 47.7 Å². The largest absolute Gasteiger partial charge is 0.379 e. The second-order valence-corrected chi connectivity index (χ2v) is 7.09. The highest BCUT2D eigenvalue weighted by atomic mass is 16.5. The maximum Gasteiger partial charge on any atom is 0.272 e. The van der Waals surface area contributed by atoms with Gasteiger partial charge in [-0.25, -0.2) is 0 Å². The molecule has 2 heterocycles. The Hall–Kier alpha value is -2.18. The molecule has 0 radical (unpaired) electrons.